The van der Waals surface area contributed by atoms with E-state index < -0.39 is 0 Å². The Morgan fingerprint density at radius 2 is 1.28 bits per heavy atom. The molecule has 0 atom stereocenters. The van der Waals surface area contributed by atoms with E-state index in [1.54, 1.807) is 0 Å². The molecule has 0 saturated carbocycles. The van der Waals surface area contributed by atoms with Crippen LogP contribution in [0, 0.1) is 11.8 Å². The predicted octanol–water partition coefficient (Wildman–Crippen LogP) is 5.34. The summed E-state index contributed by atoms with van der Waals surface area (Å²) in [6, 6.07) is 0. The smallest absolute Gasteiger partial charge is 0.107 e. The normalized spacial score (nSPS) is 10.1. The lowest BCUT2D eigenvalue weighted by Crippen LogP contribution is -1.94. The molecule has 0 rings (SSSR count). The summed E-state index contributed by atoms with van der Waals surface area (Å²) < 4.78 is 5.49. The summed E-state index contributed by atoms with van der Waals surface area (Å²) in [4.78, 5) is 0. The maximum atomic E-state index is 5.49. The maximum absolute atomic E-state index is 5.49. The van der Waals surface area contributed by atoms with Crippen molar-refractivity contribution in [1.29, 1.82) is 0 Å². The van der Waals surface area contributed by atoms with Gasteiger partial charge in [-0.15, -0.1) is 5.92 Å². The van der Waals surface area contributed by atoms with Gasteiger partial charge in [-0.3, -0.25) is 0 Å². The van der Waals surface area contributed by atoms with Crippen molar-refractivity contribution in [2.75, 3.05) is 13.2 Å². The molecule has 106 valence electrons. The molecule has 0 saturated heterocycles. The summed E-state index contributed by atoms with van der Waals surface area (Å²) >= 11 is 0. The van der Waals surface area contributed by atoms with E-state index in [0.717, 1.165) is 13.0 Å². The monoisotopic (exact) mass is 252 g/mol. The topological polar surface area (TPSA) is 9.23 Å². The minimum atomic E-state index is 0.627. The molecule has 0 radical (unpaired) electrons. The molecule has 0 amide bonds. The zero-order chi connectivity index (χ0) is 13.3. The number of ether oxygens (including phenoxy) is 1. The summed E-state index contributed by atoms with van der Waals surface area (Å²) in [7, 11) is 0. The van der Waals surface area contributed by atoms with Crippen LogP contribution in [0.1, 0.15) is 84.5 Å². The van der Waals surface area contributed by atoms with Crippen molar-refractivity contribution in [3.8, 4) is 11.8 Å². The van der Waals surface area contributed by atoms with Crippen LogP contribution in [0.3, 0.4) is 0 Å². The molecule has 0 aromatic heterocycles. The number of rotatable bonds is 12. The fourth-order valence-corrected chi connectivity index (χ4v) is 1.89. The van der Waals surface area contributed by atoms with Crippen molar-refractivity contribution in [2.24, 2.45) is 0 Å². The molecule has 0 bridgehead atoms. The van der Waals surface area contributed by atoms with Crippen molar-refractivity contribution >= 4 is 0 Å². The van der Waals surface area contributed by atoms with Crippen LogP contribution >= 0.6 is 0 Å². The molecule has 0 aromatic carbocycles. The van der Waals surface area contributed by atoms with Gasteiger partial charge in [-0.1, -0.05) is 71.1 Å². The molecular formula is C17H32O. The lowest BCUT2D eigenvalue weighted by molar-refractivity contribution is 0.161. The van der Waals surface area contributed by atoms with E-state index in [0.29, 0.717) is 6.61 Å². The second-order valence-electron chi connectivity index (χ2n) is 4.98. The summed E-state index contributed by atoms with van der Waals surface area (Å²) in [5.74, 6) is 6.26. The van der Waals surface area contributed by atoms with Gasteiger partial charge in [0, 0.05) is 13.0 Å². The minimum absolute atomic E-state index is 0.627. The van der Waals surface area contributed by atoms with Gasteiger partial charge in [0.15, 0.2) is 0 Å². The van der Waals surface area contributed by atoms with E-state index in [2.05, 4.69) is 25.7 Å². The van der Waals surface area contributed by atoms with Crippen LogP contribution < -0.4 is 0 Å². The van der Waals surface area contributed by atoms with Crippen LogP contribution in [-0.4, -0.2) is 13.2 Å². The highest BCUT2D eigenvalue weighted by Gasteiger charge is 1.90. The first kappa shape index (κ1) is 17.5. The molecule has 0 aliphatic carbocycles. The highest BCUT2D eigenvalue weighted by atomic mass is 16.5. The van der Waals surface area contributed by atoms with Gasteiger partial charge in [-0.25, -0.2) is 0 Å². The van der Waals surface area contributed by atoms with Crippen molar-refractivity contribution in [3.63, 3.8) is 0 Å². The maximum Gasteiger partial charge on any atom is 0.107 e. The second-order valence-corrected chi connectivity index (χ2v) is 4.98. The predicted molar refractivity (Wildman–Crippen MR) is 80.7 cm³/mol. The van der Waals surface area contributed by atoms with E-state index in [9.17, 15) is 0 Å². The Morgan fingerprint density at radius 3 is 2.00 bits per heavy atom. The fraction of sp³-hybridized carbons (Fsp3) is 0.882. The van der Waals surface area contributed by atoms with E-state index in [1.165, 1.54) is 64.2 Å². The fourth-order valence-electron chi connectivity index (χ4n) is 1.89. The zero-order valence-electron chi connectivity index (χ0n) is 12.6. The van der Waals surface area contributed by atoms with Crippen molar-refractivity contribution in [1.82, 2.24) is 0 Å². The molecule has 0 aliphatic heterocycles. The Labute approximate surface area is 115 Å². The quantitative estimate of drug-likeness (QED) is 0.336. The Kier molecular flexibility index (Phi) is 16.1. The Balaban J connectivity index is 3.02. The van der Waals surface area contributed by atoms with E-state index >= 15 is 0 Å². The minimum Gasteiger partial charge on any atom is -0.369 e. The van der Waals surface area contributed by atoms with Crippen molar-refractivity contribution < 1.29 is 4.74 Å². The van der Waals surface area contributed by atoms with Crippen LogP contribution in [0.15, 0.2) is 0 Å². The van der Waals surface area contributed by atoms with E-state index in [4.69, 9.17) is 4.74 Å². The largest absolute Gasteiger partial charge is 0.369 e. The molecule has 0 N–H and O–H groups in total. The molecule has 0 unspecified atom stereocenters. The number of unbranched alkanes of at least 4 members (excludes halogenated alkanes) is 9. The molecule has 18 heavy (non-hydrogen) atoms. The molecule has 1 nitrogen and oxygen atoms in total. The Hall–Kier alpha value is -0.480. The summed E-state index contributed by atoms with van der Waals surface area (Å²) in [6.45, 7) is 6.00. The van der Waals surface area contributed by atoms with Crippen LogP contribution in [0.2, 0.25) is 0 Å². The molecule has 0 heterocycles. The Bertz CT molecular complexity index is 199. The third-order valence-electron chi connectivity index (χ3n) is 3.10. The zero-order valence-corrected chi connectivity index (χ0v) is 12.6. The van der Waals surface area contributed by atoms with Gasteiger partial charge < -0.3 is 4.74 Å². The molecular weight excluding hydrogens is 220 g/mol. The van der Waals surface area contributed by atoms with Gasteiger partial charge in [0.2, 0.25) is 0 Å². The third kappa shape index (κ3) is 15.5. The SMILES string of the molecule is CCCCCC#CCOCCCCCCCCC. The van der Waals surface area contributed by atoms with Gasteiger partial charge in [0.05, 0.1) is 0 Å². The Morgan fingerprint density at radius 1 is 0.667 bits per heavy atom. The highest BCUT2D eigenvalue weighted by Crippen LogP contribution is 2.06. The van der Waals surface area contributed by atoms with Gasteiger partial charge in [-0.2, -0.15) is 0 Å². The van der Waals surface area contributed by atoms with E-state index in [-0.39, 0.29) is 0 Å². The molecule has 1 heteroatoms. The van der Waals surface area contributed by atoms with Gasteiger partial charge in [0.25, 0.3) is 0 Å². The van der Waals surface area contributed by atoms with Crippen LogP contribution in [-0.2, 0) is 4.74 Å². The first-order chi connectivity index (χ1) is 8.91. The summed E-state index contributed by atoms with van der Waals surface area (Å²) in [5.41, 5.74) is 0. The summed E-state index contributed by atoms with van der Waals surface area (Å²) in [6.07, 6.45) is 14.2. The number of hydrogen-bond donors (Lipinski definition) is 0. The lowest BCUT2D eigenvalue weighted by Gasteiger charge is -2.01. The van der Waals surface area contributed by atoms with Crippen LogP contribution in [0.5, 0.6) is 0 Å². The second kappa shape index (κ2) is 16.5. The van der Waals surface area contributed by atoms with Crippen molar-refractivity contribution in [2.45, 2.75) is 84.5 Å². The molecule has 0 fully saturated rings. The number of hydrogen-bond acceptors (Lipinski definition) is 1. The first-order valence-electron chi connectivity index (χ1n) is 7.95. The molecule has 0 aromatic rings. The molecule has 0 spiro atoms. The lowest BCUT2D eigenvalue weighted by atomic mass is 10.1. The standard InChI is InChI=1S/C17H32O/c1-3-5-7-9-11-13-15-17-18-16-14-12-10-8-6-4-2/h3-11,13,15-17H2,1-2H3. The van der Waals surface area contributed by atoms with Gasteiger partial charge in [-0.05, 0) is 12.8 Å². The van der Waals surface area contributed by atoms with Crippen LogP contribution in [0.4, 0.5) is 0 Å². The van der Waals surface area contributed by atoms with Crippen molar-refractivity contribution in [3.05, 3.63) is 0 Å². The average Bonchev–Trinajstić information content (AvgIpc) is 2.39. The molecule has 0 aliphatic rings. The highest BCUT2D eigenvalue weighted by molar-refractivity contribution is 4.98. The first-order valence-corrected chi connectivity index (χ1v) is 7.95. The average molecular weight is 252 g/mol. The van der Waals surface area contributed by atoms with Gasteiger partial charge in [0.1, 0.15) is 6.61 Å². The van der Waals surface area contributed by atoms with E-state index in [1.807, 2.05) is 0 Å². The van der Waals surface area contributed by atoms with Crippen LogP contribution in [0.25, 0.3) is 0 Å². The van der Waals surface area contributed by atoms with Gasteiger partial charge >= 0.3 is 0 Å². The summed E-state index contributed by atoms with van der Waals surface area (Å²) in [5, 5.41) is 0. The third-order valence-corrected chi connectivity index (χ3v) is 3.10.